The molecule has 0 aliphatic carbocycles. The standard InChI is InChI=1S/C20H25N5/c1-16(24-10-6-3-7-11-24)14-25-15-21-13-19(25)18-12-22-23-20(18)17-8-4-2-5-9-17/h2,4-5,8-9,12-13,15-16H,3,6-7,10-11,14H2,1H3,(H,22,23)/t16-/m0/s1. The summed E-state index contributed by atoms with van der Waals surface area (Å²) in [5.74, 6) is 0. The number of piperidine rings is 1. The third kappa shape index (κ3) is 3.37. The van der Waals surface area contributed by atoms with Crippen molar-refractivity contribution in [2.75, 3.05) is 13.1 Å². The van der Waals surface area contributed by atoms with Crippen molar-refractivity contribution in [2.45, 2.75) is 38.8 Å². The lowest BCUT2D eigenvalue weighted by atomic mass is 10.1. The minimum absolute atomic E-state index is 0.514. The van der Waals surface area contributed by atoms with Crippen LogP contribution in [0.5, 0.6) is 0 Å². The first-order chi connectivity index (χ1) is 12.3. The normalized spacial score (nSPS) is 16.8. The lowest BCUT2D eigenvalue weighted by Gasteiger charge is -2.32. The minimum Gasteiger partial charge on any atom is -0.329 e. The summed E-state index contributed by atoms with van der Waals surface area (Å²) in [4.78, 5) is 7.01. The van der Waals surface area contributed by atoms with Crippen LogP contribution >= 0.6 is 0 Å². The fraction of sp³-hybridized carbons (Fsp3) is 0.400. The number of hydrogen-bond acceptors (Lipinski definition) is 3. The molecule has 130 valence electrons. The van der Waals surface area contributed by atoms with E-state index in [1.165, 1.54) is 32.4 Å². The summed E-state index contributed by atoms with van der Waals surface area (Å²) >= 11 is 0. The zero-order chi connectivity index (χ0) is 17.1. The van der Waals surface area contributed by atoms with Gasteiger partial charge in [0.15, 0.2) is 0 Å². The highest BCUT2D eigenvalue weighted by atomic mass is 15.2. The Balaban J connectivity index is 1.59. The van der Waals surface area contributed by atoms with Crippen LogP contribution in [0.4, 0.5) is 0 Å². The molecule has 3 aromatic rings. The minimum atomic E-state index is 0.514. The van der Waals surface area contributed by atoms with Gasteiger partial charge in [-0.3, -0.25) is 10.00 Å². The third-order valence-corrected chi connectivity index (χ3v) is 5.16. The number of nitrogens with one attached hydrogen (secondary N) is 1. The Hall–Kier alpha value is -2.40. The first-order valence-electron chi connectivity index (χ1n) is 9.16. The molecule has 0 radical (unpaired) electrons. The maximum absolute atomic E-state index is 4.41. The van der Waals surface area contributed by atoms with Gasteiger partial charge in [0.2, 0.25) is 0 Å². The molecule has 0 saturated carbocycles. The number of hydrogen-bond donors (Lipinski definition) is 1. The van der Waals surface area contributed by atoms with Gasteiger partial charge in [0, 0.05) is 23.7 Å². The Morgan fingerprint density at radius 1 is 1.08 bits per heavy atom. The van der Waals surface area contributed by atoms with Crippen molar-refractivity contribution in [3.63, 3.8) is 0 Å². The molecule has 25 heavy (non-hydrogen) atoms. The van der Waals surface area contributed by atoms with Gasteiger partial charge in [-0.25, -0.2) is 4.98 Å². The molecule has 1 aromatic carbocycles. The van der Waals surface area contributed by atoms with E-state index in [1.54, 1.807) is 0 Å². The van der Waals surface area contributed by atoms with Crippen molar-refractivity contribution in [3.05, 3.63) is 49.1 Å². The van der Waals surface area contributed by atoms with Crippen molar-refractivity contribution in [2.24, 2.45) is 0 Å². The van der Waals surface area contributed by atoms with Crippen LogP contribution < -0.4 is 0 Å². The zero-order valence-corrected chi connectivity index (χ0v) is 14.7. The van der Waals surface area contributed by atoms with Crippen molar-refractivity contribution in [1.82, 2.24) is 24.6 Å². The van der Waals surface area contributed by atoms with Gasteiger partial charge in [0.1, 0.15) is 0 Å². The molecule has 1 N–H and O–H groups in total. The second kappa shape index (κ2) is 7.23. The molecule has 4 rings (SSSR count). The summed E-state index contributed by atoms with van der Waals surface area (Å²) in [6.45, 7) is 5.70. The van der Waals surface area contributed by atoms with Gasteiger partial charge in [-0.15, -0.1) is 0 Å². The fourth-order valence-corrected chi connectivity index (χ4v) is 3.76. The molecule has 1 atom stereocenters. The van der Waals surface area contributed by atoms with Crippen LogP contribution in [0, 0.1) is 0 Å². The maximum Gasteiger partial charge on any atom is 0.0951 e. The molecular weight excluding hydrogens is 310 g/mol. The van der Waals surface area contributed by atoms with E-state index in [0.717, 1.165) is 29.1 Å². The van der Waals surface area contributed by atoms with Crippen LogP contribution in [-0.2, 0) is 6.54 Å². The van der Waals surface area contributed by atoms with Crippen molar-refractivity contribution < 1.29 is 0 Å². The first-order valence-corrected chi connectivity index (χ1v) is 9.16. The van der Waals surface area contributed by atoms with E-state index in [2.05, 4.69) is 55.8 Å². The number of aromatic amines is 1. The Labute approximate surface area is 148 Å². The van der Waals surface area contributed by atoms with Crippen LogP contribution in [0.2, 0.25) is 0 Å². The molecule has 0 unspecified atom stereocenters. The number of likely N-dealkylation sites (tertiary alicyclic amines) is 1. The second-order valence-electron chi connectivity index (χ2n) is 6.90. The smallest absolute Gasteiger partial charge is 0.0951 e. The van der Waals surface area contributed by atoms with Gasteiger partial charge in [-0.1, -0.05) is 36.8 Å². The zero-order valence-electron chi connectivity index (χ0n) is 14.7. The van der Waals surface area contributed by atoms with E-state index in [4.69, 9.17) is 0 Å². The molecule has 1 fully saturated rings. The Bertz CT molecular complexity index is 798. The number of rotatable bonds is 5. The predicted octanol–water partition coefficient (Wildman–Crippen LogP) is 3.81. The Morgan fingerprint density at radius 2 is 1.88 bits per heavy atom. The average Bonchev–Trinajstić information content (AvgIpc) is 3.32. The van der Waals surface area contributed by atoms with Crippen molar-refractivity contribution in [3.8, 4) is 22.5 Å². The molecule has 1 aliphatic rings. The molecule has 5 heteroatoms. The lowest BCUT2D eigenvalue weighted by Crippen LogP contribution is -2.39. The Morgan fingerprint density at radius 3 is 2.68 bits per heavy atom. The van der Waals surface area contributed by atoms with Gasteiger partial charge in [-0.05, 0) is 32.9 Å². The van der Waals surface area contributed by atoms with Gasteiger partial charge in [0.25, 0.3) is 0 Å². The maximum atomic E-state index is 4.41. The first kappa shape index (κ1) is 16.1. The van der Waals surface area contributed by atoms with Gasteiger partial charge < -0.3 is 4.57 Å². The molecule has 1 saturated heterocycles. The molecular formula is C20H25N5. The fourth-order valence-electron chi connectivity index (χ4n) is 3.76. The summed E-state index contributed by atoms with van der Waals surface area (Å²) < 4.78 is 2.26. The summed E-state index contributed by atoms with van der Waals surface area (Å²) in [5.41, 5.74) is 4.42. The lowest BCUT2D eigenvalue weighted by molar-refractivity contribution is 0.160. The summed E-state index contributed by atoms with van der Waals surface area (Å²) in [7, 11) is 0. The highest BCUT2D eigenvalue weighted by Crippen LogP contribution is 2.30. The number of H-pyrrole nitrogens is 1. The number of aromatic nitrogens is 4. The summed E-state index contributed by atoms with van der Waals surface area (Å²) in [5, 5.41) is 7.44. The second-order valence-corrected chi connectivity index (χ2v) is 6.90. The molecule has 2 aromatic heterocycles. The van der Waals surface area contributed by atoms with Gasteiger partial charge in [-0.2, -0.15) is 5.10 Å². The highest BCUT2D eigenvalue weighted by Gasteiger charge is 2.19. The number of imidazole rings is 1. The van der Waals surface area contributed by atoms with Gasteiger partial charge in [0.05, 0.1) is 30.1 Å². The monoisotopic (exact) mass is 335 g/mol. The van der Waals surface area contributed by atoms with Crippen LogP contribution in [-0.4, -0.2) is 43.8 Å². The topological polar surface area (TPSA) is 49.7 Å². The average molecular weight is 335 g/mol. The van der Waals surface area contributed by atoms with E-state index in [0.29, 0.717) is 6.04 Å². The van der Waals surface area contributed by atoms with Crippen molar-refractivity contribution in [1.29, 1.82) is 0 Å². The quantitative estimate of drug-likeness (QED) is 0.771. The number of nitrogens with zero attached hydrogens (tertiary/aromatic N) is 4. The van der Waals surface area contributed by atoms with E-state index in [-0.39, 0.29) is 0 Å². The molecule has 0 bridgehead atoms. The summed E-state index contributed by atoms with van der Waals surface area (Å²) in [6.07, 6.45) is 9.80. The molecule has 5 nitrogen and oxygen atoms in total. The predicted molar refractivity (Wildman–Crippen MR) is 100 cm³/mol. The number of benzene rings is 1. The van der Waals surface area contributed by atoms with Crippen LogP contribution in [0.25, 0.3) is 22.5 Å². The largest absolute Gasteiger partial charge is 0.329 e. The van der Waals surface area contributed by atoms with E-state index in [9.17, 15) is 0 Å². The van der Waals surface area contributed by atoms with E-state index in [1.807, 2.05) is 24.8 Å². The third-order valence-electron chi connectivity index (χ3n) is 5.16. The molecule has 1 aliphatic heterocycles. The molecule has 0 amide bonds. The molecule has 0 spiro atoms. The van der Waals surface area contributed by atoms with Gasteiger partial charge >= 0.3 is 0 Å². The van der Waals surface area contributed by atoms with Crippen LogP contribution in [0.1, 0.15) is 26.2 Å². The molecule has 3 heterocycles. The summed E-state index contributed by atoms with van der Waals surface area (Å²) in [6, 6.07) is 10.9. The SMILES string of the molecule is C[C@@H](Cn1cncc1-c1cn[nH]c1-c1ccccc1)N1CCCCC1. The highest BCUT2D eigenvalue weighted by molar-refractivity contribution is 5.78. The van der Waals surface area contributed by atoms with E-state index >= 15 is 0 Å². The van der Waals surface area contributed by atoms with Crippen LogP contribution in [0.3, 0.4) is 0 Å². The Kier molecular flexibility index (Phi) is 4.65. The van der Waals surface area contributed by atoms with E-state index < -0.39 is 0 Å². The van der Waals surface area contributed by atoms with Crippen molar-refractivity contribution >= 4 is 0 Å². The van der Waals surface area contributed by atoms with Crippen LogP contribution in [0.15, 0.2) is 49.1 Å².